The third-order valence-electron chi connectivity index (χ3n) is 2.53. The Balaban J connectivity index is 2.19. The zero-order chi connectivity index (χ0) is 15.6. The molecule has 0 radical (unpaired) electrons. The van der Waals surface area contributed by atoms with Gasteiger partial charge >= 0.3 is 0 Å². The van der Waals surface area contributed by atoms with Gasteiger partial charge in [-0.3, -0.25) is 0 Å². The number of hydrogen-bond donors (Lipinski definition) is 2. The summed E-state index contributed by atoms with van der Waals surface area (Å²) in [5, 5.41) is 0. The Morgan fingerprint density at radius 1 is 1.24 bits per heavy atom. The summed E-state index contributed by atoms with van der Waals surface area (Å²) in [7, 11) is -1.69. The molecule has 21 heavy (non-hydrogen) atoms. The largest absolute Gasteiger partial charge is 0.398 e. The molecule has 120 valence electrons. The Labute approximate surface area is 130 Å². The van der Waals surface area contributed by atoms with Crippen LogP contribution in [0.3, 0.4) is 0 Å². The van der Waals surface area contributed by atoms with Crippen LogP contribution in [0.25, 0.3) is 0 Å². The summed E-state index contributed by atoms with van der Waals surface area (Å²) in [6.45, 7) is 1.56. The lowest BCUT2D eigenvalue weighted by Crippen LogP contribution is -2.30. The third kappa shape index (κ3) is 8.27. The van der Waals surface area contributed by atoms with E-state index in [9.17, 15) is 8.42 Å². The second-order valence-corrected chi connectivity index (χ2v) is 7.27. The van der Waals surface area contributed by atoms with E-state index >= 15 is 0 Å². The molecule has 0 aliphatic rings. The van der Waals surface area contributed by atoms with Gasteiger partial charge in [0.1, 0.15) is 0 Å². The average Bonchev–Trinajstić information content (AvgIpc) is 2.45. The number of para-hydroxylation sites is 1. The number of thioether (sulfide) groups is 1. The summed E-state index contributed by atoms with van der Waals surface area (Å²) in [4.78, 5) is 0.899. The van der Waals surface area contributed by atoms with Crippen molar-refractivity contribution in [1.82, 2.24) is 4.72 Å². The van der Waals surface area contributed by atoms with E-state index in [1.165, 1.54) is 11.8 Å². The molecule has 0 aromatic heterocycles. The van der Waals surface area contributed by atoms with E-state index in [0.717, 1.165) is 4.90 Å². The first-order chi connectivity index (χ1) is 10.0. The minimum absolute atomic E-state index is 0.0457. The molecule has 0 amide bonds. The van der Waals surface area contributed by atoms with Crippen LogP contribution in [-0.4, -0.2) is 53.4 Å². The van der Waals surface area contributed by atoms with Gasteiger partial charge in [0.05, 0.1) is 25.6 Å². The van der Waals surface area contributed by atoms with Gasteiger partial charge in [-0.15, -0.1) is 11.8 Å². The molecule has 0 aliphatic carbocycles. The van der Waals surface area contributed by atoms with Crippen molar-refractivity contribution in [1.29, 1.82) is 0 Å². The Kier molecular flexibility index (Phi) is 8.70. The predicted octanol–water partition coefficient (Wildman–Crippen LogP) is 0.943. The van der Waals surface area contributed by atoms with Crippen LogP contribution in [0, 0.1) is 0 Å². The summed E-state index contributed by atoms with van der Waals surface area (Å²) < 4.78 is 36.0. The van der Waals surface area contributed by atoms with Crippen LogP contribution >= 0.6 is 11.8 Å². The molecule has 0 aliphatic heterocycles. The van der Waals surface area contributed by atoms with Gasteiger partial charge in [-0.05, 0) is 12.1 Å². The van der Waals surface area contributed by atoms with E-state index in [0.29, 0.717) is 31.3 Å². The molecule has 6 nitrogen and oxygen atoms in total. The molecule has 3 N–H and O–H groups in total. The topological polar surface area (TPSA) is 90.6 Å². The van der Waals surface area contributed by atoms with Gasteiger partial charge < -0.3 is 15.2 Å². The number of anilines is 1. The highest BCUT2D eigenvalue weighted by atomic mass is 32.2. The van der Waals surface area contributed by atoms with Gasteiger partial charge in [0.25, 0.3) is 0 Å². The van der Waals surface area contributed by atoms with E-state index in [1.54, 1.807) is 13.2 Å². The number of sulfonamides is 1. The lowest BCUT2D eigenvalue weighted by molar-refractivity contribution is 0.0736. The Hall–Kier alpha value is -0.800. The maximum absolute atomic E-state index is 11.8. The molecule has 0 fully saturated rings. The maximum atomic E-state index is 11.8. The number of nitrogens with two attached hydrogens (primary N) is 1. The molecule has 1 aromatic rings. The summed E-state index contributed by atoms with van der Waals surface area (Å²) in [5.41, 5.74) is 6.46. The molecule has 0 spiro atoms. The van der Waals surface area contributed by atoms with Crippen LogP contribution in [0.4, 0.5) is 5.69 Å². The minimum Gasteiger partial charge on any atom is -0.398 e. The number of nitrogen functional groups attached to an aromatic ring is 1. The van der Waals surface area contributed by atoms with E-state index in [2.05, 4.69) is 4.72 Å². The first-order valence-corrected chi connectivity index (χ1v) is 9.20. The highest BCUT2D eigenvalue weighted by Crippen LogP contribution is 2.24. The van der Waals surface area contributed by atoms with E-state index in [1.807, 2.05) is 18.2 Å². The molecular formula is C13H22N2O4S2. The SMILES string of the molecule is COCCOCCNS(=O)(=O)CCSc1ccccc1N. The second-order valence-electron chi connectivity index (χ2n) is 4.20. The fraction of sp³-hybridized carbons (Fsp3) is 0.538. The van der Waals surface area contributed by atoms with Crippen LogP contribution < -0.4 is 10.5 Å². The van der Waals surface area contributed by atoms with Crippen LogP contribution in [0.1, 0.15) is 0 Å². The molecule has 8 heteroatoms. The Morgan fingerprint density at radius 2 is 2.00 bits per heavy atom. The molecule has 1 rings (SSSR count). The number of ether oxygens (including phenoxy) is 2. The van der Waals surface area contributed by atoms with Crippen molar-refractivity contribution in [3.05, 3.63) is 24.3 Å². The van der Waals surface area contributed by atoms with Gasteiger partial charge in [-0.1, -0.05) is 12.1 Å². The lowest BCUT2D eigenvalue weighted by atomic mass is 10.3. The van der Waals surface area contributed by atoms with Crippen molar-refractivity contribution >= 4 is 27.5 Å². The molecule has 1 aromatic carbocycles. The monoisotopic (exact) mass is 334 g/mol. The highest BCUT2D eigenvalue weighted by molar-refractivity contribution is 8.00. The number of hydrogen-bond acceptors (Lipinski definition) is 6. The van der Waals surface area contributed by atoms with Crippen LogP contribution in [0.5, 0.6) is 0 Å². The zero-order valence-corrected chi connectivity index (χ0v) is 13.7. The van der Waals surface area contributed by atoms with Crippen molar-refractivity contribution in [2.24, 2.45) is 0 Å². The van der Waals surface area contributed by atoms with E-state index < -0.39 is 10.0 Å². The third-order valence-corrected chi connectivity index (χ3v) is 5.26. The lowest BCUT2D eigenvalue weighted by Gasteiger charge is -2.08. The molecular weight excluding hydrogens is 312 g/mol. The summed E-state index contributed by atoms with van der Waals surface area (Å²) in [6.07, 6.45) is 0. The Bertz CT molecular complexity index is 509. The smallest absolute Gasteiger partial charge is 0.212 e. The van der Waals surface area contributed by atoms with Gasteiger partial charge in [0, 0.05) is 30.0 Å². The van der Waals surface area contributed by atoms with Gasteiger partial charge in [-0.25, -0.2) is 13.1 Å². The van der Waals surface area contributed by atoms with Crippen LogP contribution in [0.2, 0.25) is 0 Å². The van der Waals surface area contributed by atoms with E-state index in [-0.39, 0.29) is 12.3 Å². The van der Waals surface area contributed by atoms with Crippen LogP contribution in [0.15, 0.2) is 29.2 Å². The van der Waals surface area contributed by atoms with Crippen molar-refractivity contribution in [3.8, 4) is 0 Å². The van der Waals surface area contributed by atoms with Crippen LogP contribution in [-0.2, 0) is 19.5 Å². The highest BCUT2D eigenvalue weighted by Gasteiger charge is 2.10. The molecule has 0 saturated carbocycles. The second kappa shape index (κ2) is 10.0. The van der Waals surface area contributed by atoms with Crippen molar-refractivity contribution < 1.29 is 17.9 Å². The predicted molar refractivity (Wildman–Crippen MR) is 86.1 cm³/mol. The molecule has 0 saturated heterocycles. The molecule has 0 unspecified atom stereocenters. The zero-order valence-electron chi connectivity index (χ0n) is 12.1. The summed E-state index contributed by atoms with van der Waals surface area (Å²) >= 11 is 1.43. The summed E-state index contributed by atoms with van der Waals surface area (Å²) in [6, 6.07) is 7.40. The van der Waals surface area contributed by atoms with Crippen molar-refractivity contribution in [2.45, 2.75) is 4.90 Å². The van der Waals surface area contributed by atoms with Crippen molar-refractivity contribution in [2.75, 3.05) is 50.7 Å². The van der Waals surface area contributed by atoms with E-state index in [4.69, 9.17) is 15.2 Å². The standard InChI is InChI=1S/C13H22N2O4S2/c1-18-8-9-19-7-6-15-21(16,17)11-10-20-13-5-3-2-4-12(13)14/h2-5,15H,6-11,14H2,1H3. The molecule has 0 atom stereocenters. The maximum Gasteiger partial charge on any atom is 0.212 e. The first-order valence-electron chi connectivity index (χ1n) is 6.56. The minimum atomic E-state index is -3.28. The number of benzene rings is 1. The summed E-state index contributed by atoms with van der Waals surface area (Å²) in [5.74, 6) is 0.498. The number of methoxy groups -OCH3 is 1. The first kappa shape index (κ1) is 18.2. The molecule has 0 heterocycles. The van der Waals surface area contributed by atoms with Gasteiger partial charge in [-0.2, -0.15) is 0 Å². The number of nitrogens with one attached hydrogen (secondary N) is 1. The fourth-order valence-electron chi connectivity index (χ4n) is 1.46. The fourth-order valence-corrected chi connectivity index (χ4v) is 3.84. The van der Waals surface area contributed by atoms with Crippen molar-refractivity contribution in [3.63, 3.8) is 0 Å². The average molecular weight is 334 g/mol. The quantitative estimate of drug-likeness (QED) is 0.356. The van der Waals surface area contributed by atoms with Gasteiger partial charge in [0.2, 0.25) is 10.0 Å². The van der Waals surface area contributed by atoms with Gasteiger partial charge in [0.15, 0.2) is 0 Å². The molecule has 0 bridgehead atoms. The Morgan fingerprint density at radius 3 is 2.71 bits per heavy atom. The normalized spacial score (nSPS) is 11.7. The number of rotatable bonds is 11.